The lowest BCUT2D eigenvalue weighted by atomic mass is 10.1. The van der Waals surface area contributed by atoms with Gasteiger partial charge in [0.05, 0.1) is 12.4 Å². The van der Waals surface area contributed by atoms with Crippen LogP contribution in [0.4, 0.5) is 5.82 Å². The predicted molar refractivity (Wildman–Crippen MR) is 86.1 cm³/mol. The minimum Gasteiger partial charge on any atom is -0.355 e. The molecule has 22 heavy (non-hydrogen) atoms. The van der Waals surface area contributed by atoms with Crippen LogP contribution in [0.1, 0.15) is 36.7 Å². The lowest BCUT2D eigenvalue weighted by Gasteiger charge is -2.33. The molecular weight excluding hydrogens is 278 g/mol. The van der Waals surface area contributed by atoms with Gasteiger partial charge in [-0.25, -0.2) is 9.97 Å². The molecule has 0 N–H and O–H groups in total. The first kappa shape index (κ1) is 15.2. The number of carbonyl (C=O) groups excluding carboxylic acids is 1. The first-order chi connectivity index (χ1) is 10.8. The third kappa shape index (κ3) is 3.38. The third-order valence-electron chi connectivity index (χ3n) is 4.64. The van der Waals surface area contributed by atoms with Crippen LogP contribution in [0.25, 0.3) is 0 Å². The van der Waals surface area contributed by atoms with Crippen LogP contribution in [0.15, 0.2) is 12.4 Å². The number of amides is 1. The molecule has 3 rings (SSSR count). The fourth-order valence-electron chi connectivity index (χ4n) is 3.15. The number of hydrogen-bond donors (Lipinski definition) is 0. The van der Waals surface area contributed by atoms with E-state index < -0.39 is 0 Å². The second kappa shape index (κ2) is 7.05. The second-order valence-electron chi connectivity index (χ2n) is 6.03. The topological polar surface area (TPSA) is 52.6 Å². The van der Waals surface area contributed by atoms with E-state index in [1.165, 1.54) is 19.3 Å². The minimum atomic E-state index is 0.00782. The van der Waals surface area contributed by atoms with Crippen molar-refractivity contribution in [3.63, 3.8) is 0 Å². The number of hydrogen-bond acceptors (Lipinski definition) is 5. The monoisotopic (exact) mass is 303 g/mol. The number of piperidine rings is 1. The summed E-state index contributed by atoms with van der Waals surface area (Å²) in [7, 11) is 0. The largest absolute Gasteiger partial charge is 0.355 e. The van der Waals surface area contributed by atoms with Gasteiger partial charge in [-0.2, -0.15) is 0 Å². The van der Waals surface area contributed by atoms with Gasteiger partial charge in [-0.1, -0.05) is 6.92 Å². The third-order valence-corrected chi connectivity index (χ3v) is 4.64. The molecule has 0 aliphatic carbocycles. The van der Waals surface area contributed by atoms with Gasteiger partial charge in [-0.3, -0.25) is 4.79 Å². The molecule has 3 heterocycles. The Balaban J connectivity index is 1.61. The summed E-state index contributed by atoms with van der Waals surface area (Å²) >= 11 is 0. The van der Waals surface area contributed by atoms with E-state index in [-0.39, 0.29) is 5.91 Å². The zero-order valence-electron chi connectivity index (χ0n) is 13.4. The summed E-state index contributed by atoms with van der Waals surface area (Å²) in [4.78, 5) is 27.8. The predicted octanol–water partition coefficient (Wildman–Crippen LogP) is 1.24. The van der Waals surface area contributed by atoms with E-state index in [9.17, 15) is 4.79 Å². The molecule has 1 aromatic heterocycles. The van der Waals surface area contributed by atoms with Gasteiger partial charge in [-0.05, 0) is 25.8 Å². The Kier molecular flexibility index (Phi) is 4.87. The summed E-state index contributed by atoms with van der Waals surface area (Å²) in [5.74, 6) is 0.903. The molecule has 1 amide bonds. The Morgan fingerprint density at radius 3 is 2.32 bits per heavy atom. The standard InChI is InChI=1S/C16H25N5O/c1-2-19-8-10-21(11-9-19)16(22)14-12-18-15(13-17-14)20-6-4-3-5-7-20/h12-13H,2-11H2,1H3. The summed E-state index contributed by atoms with van der Waals surface area (Å²) in [6.07, 6.45) is 7.11. The fraction of sp³-hybridized carbons (Fsp3) is 0.688. The molecule has 0 saturated carbocycles. The quantitative estimate of drug-likeness (QED) is 0.841. The highest BCUT2D eigenvalue weighted by Gasteiger charge is 2.22. The van der Waals surface area contributed by atoms with Crippen molar-refractivity contribution in [3.05, 3.63) is 18.1 Å². The van der Waals surface area contributed by atoms with Gasteiger partial charge in [0.2, 0.25) is 0 Å². The Morgan fingerprint density at radius 1 is 1.00 bits per heavy atom. The number of carbonyl (C=O) groups is 1. The van der Waals surface area contributed by atoms with E-state index in [0.717, 1.165) is 51.6 Å². The number of aromatic nitrogens is 2. The van der Waals surface area contributed by atoms with Crippen molar-refractivity contribution in [2.24, 2.45) is 0 Å². The van der Waals surface area contributed by atoms with Crippen LogP contribution in [0.5, 0.6) is 0 Å². The molecular formula is C16H25N5O. The molecule has 6 heteroatoms. The molecule has 2 saturated heterocycles. The Labute approximate surface area is 132 Å². The molecule has 0 radical (unpaired) electrons. The van der Waals surface area contributed by atoms with E-state index in [0.29, 0.717) is 5.69 Å². The number of anilines is 1. The molecule has 2 aliphatic rings. The molecule has 0 bridgehead atoms. The van der Waals surface area contributed by atoms with Crippen LogP contribution in [0, 0.1) is 0 Å². The average Bonchev–Trinajstić information content (AvgIpc) is 2.62. The molecule has 1 aromatic rings. The number of nitrogens with zero attached hydrogens (tertiary/aromatic N) is 5. The lowest BCUT2D eigenvalue weighted by Crippen LogP contribution is -2.48. The maximum Gasteiger partial charge on any atom is 0.274 e. The lowest BCUT2D eigenvalue weighted by molar-refractivity contribution is 0.0637. The maximum atomic E-state index is 12.5. The summed E-state index contributed by atoms with van der Waals surface area (Å²) < 4.78 is 0. The van der Waals surface area contributed by atoms with Crippen molar-refractivity contribution in [2.75, 3.05) is 50.7 Å². The average molecular weight is 303 g/mol. The van der Waals surface area contributed by atoms with Crippen molar-refractivity contribution >= 4 is 11.7 Å². The Morgan fingerprint density at radius 2 is 1.73 bits per heavy atom. The van der Waals surface area contributed by atoms with E-state index in [2.05, 4.69) is 26.7 Å². The van der Waals surface area contributed by atoms with Crippen LogP contribution >= 0.6 is 0 Å². The van der Waals surface area contributed by atoms with E-state index >= 15 is 0 Å². The van der Waals surface area contributed by atoms with E-state index in [1.54, 1.807) is 12.4 Å². The molecule has 120 valence electrons. The second-order valence-corrected chi connectivity index (χ2v) is 6.03. The van der Waals surface area contributed by atoms with Crippen molar-refractivity contribution in [3.8, 4) is 0 Å². The minimum absolute atomic E-state index is 0.00782. The van der Waals surface area contributed by atoms with Crippen molar-refractivity contribution < 1.29 is 4.79 Å². The summed E-state index contributed by atoms with van der Waals surface area (Å²) in [6.45, 7) is 8.74. The maximum absolute atomic E-state index is 12.5. The van der Waals surface area contributed by atoms with Gasteiger partial charge < -0.3 is 14.7 Å². The number of likely N-dealkylation sites (N-methyl/N-ethyl adjacent to an activating group) is 1. The highest BCUT2D eigenvalue weighted by Crippen LogP contribution is 2.16. The molecule has 0 aromatic carbocycles. The Hall–Kier alpha value is -1.69. The Bertz CT molecular complexity index is 490. The summed E-state index contributed by atoms with van der Waals surface area (Å²) in [5, 5.41) is 0. The van der Waals surface area contributed by atoms with Crippen LogP contribution in [-0.2, 0) is 0 Å². The highest BCUT2D eigenvalue weighted by atomic mass is 16.2. The summed E-state index contributed by atoms with van der Waals surface area (Å²) in [5.41, 5.74) is 0.464. The SMILES string of the molecule is CCN1CCN(C(=O)c2cnc(N3CCCCC3)cn2)CC1. The summed E-state index contributed by atoms with van der Waals surface area (Å²) in [6, 6.07) is 0. The molecule has 6 nitrogen and oxygen atoms in total. The van der Waals surface area contributed by atoms with Crippen LogP contribution in [-0.4, -0.2) is 71.5 Å². The van der Waals surface area contributed by atoms with E-state index in [4.69, 9.17) is 0 Å². The zero-order chi connectivity index (χ0) is 15.4. The zero-order valence-corrected chi connectivity index (χ0v) is 13.4. The van der Waals surface area contributed by atoms with Crippen LogP contribution in [0.2, 0.25) is 0 Å². The fourth-order valence-corrected chi connectivity index (χ4v) is 3.15. The normalized spacial score (nSPS) is 20.2. The van der Waals surface area contributed by atoms with Gasteiger partial charge in [0, 0.05) is 39.3 Å². The number of rotatable bonds is 3. The van der Waals surface area contributed by atoms with Gasteiger partial charge in [0.25, 0.3) is 5.91 Å². The van der Waals surface area contributed by atoms with Crippen LogP contribution in [0.3, 0.4) is 0 Å². The highest BCUT2D eigenvalue weighted by molar-refractivity contribution is 5.92. The van der Waals surface area contributed by atoms with E-state index in [1.807, 2.05) is 4.90 Å². The number of piperazine rings is 1. The first-order valence-corrected chi connectivity index (χ1v) is 8.36. The van der Waals surface area contributed by atoms with Crippen LogP contribution < -0.4 is 4.90 Å². The molecule has 0 spiro atoms. The van der Waals surface area contributed by atoms with Gasteiger partial charge >= 0.3 is 0 Å². The molecule has 2 aliphatic heterocycles. The smallest absolute Gasteiger partial charge is 0.274 e. The van der Waals surface area contributed by atoms with Gasteiger partial charge in [-0.15, -0.1) is 0 Å². The van der Waals surface area contributed by atoms with Gasteiger partial charge in [0.15, 0.2) is 0 Å². The molecule has 0 atom stereocenters. The van der Waals surface area contributed by atoms with Crippen molar-refractivity contribution in [1.29, 1.82) is 0 Å². The molecule has 0 unspecified atom stereocenters. The van der Waals surface area contributed by atoms with Crippen molar-refractivity contribution in [1.82, 2.24) is 19.8 Å². The van der Waals surface area contributed by atoms with Gasteiger partial charge in [0.1, 0.15) is 11.5 Å². The molecule has 2 fully saturated rings. The first-order valence-electron chi connectivity index (χ1n) is 8.36. The van der Waals surface area contributed by atoms with Crippen molar-refractivity contribution in [2.45, 2.75) is 26.2 Å².